The zero-order valence-electron chi connectivity index (χ0n) is 23.5. The predicted octanol–water partition coefficient (Wildman–Crippen LogP) is 10.1. The summed E-state index contributed by atoms with van der Waals surface area (Å²) in [5.74, 6) is 9.70. The van der Waals surface area contributed by atoms with E-state index in [0.29, 0.717) is 7.92 Å². The molecule has 3 heteroatoms. The molecule has 8 unspecified atom stereocenters. The van der Waals surface area contributed by atoms with E-state index in [1.165, 1.54) is 66.9 Å². The molecule has 18 aliphatic rings. The number of hydrogen-bond acceptors (Lipinski definition) is 0. The van der Waals surface area contributed by atoms with Crippen LogP contribution in [-0.4, -0.2) is 25.6 Å². The molecule has 10 saturated heterocycles. The van der Waals surface area contributed by atoms with Gasteiger partial charge in [0.15, 0.2) is 0 Å². The summed E-state index contributed by atoms with van der Waals surface area (Å²) in [6, 6.07) is 0. The third kappa shape index (κ3) is 0.494. The zero-order valence-corrected chi connectivity index (χ0v) is 26.5. The molecular weight excluding hydrogens is 523 g/mol. The third-order valence-corrected chi connectivity index (χ3v) is 82.9. The van der Waals surface area contributed by atoms with E-state index in [-0.39, 0.29) is 0 Å². The van der Waals surface area contributed by atoms with Crippen molar-refractivity contribution in [2.75, 3.05) is 6.16 Å². The summed E-state index contributed by atoms with van der Waals surface area (Å²) in [6.45, 7) is 5.56. The number of hydrogen-bond donors (Lipinski definition) is 0. The van der Waals surface area contributed by atoms with Gasteiger partial charge in [-0.3, -0.25) is 0 Å². The fraction of sp³-hybridized carbons (Fsp3) is 1.00. The molecule has 18 fully saturated rings. The number of fused-ring (bicyclic) bond motifs is 10. The van der Waals surface area contributed by atoms with Gasteiger partial charge in [-0.25, -0.2) is 0 Å². The minimum atomic E-state index is -3.27. The molecule has 18 rings (SSSR count). The Bertz CT molecular complexity index is 1620. The molecule has 0 aromatic rings. The van der Waals surface area contributed by atoms with E-state index >= 15 is 0 Å². The predicted molar refractivity (Wildman–Crippen MR) is 152 cm³/mol. The van der Waals surface area contributed by atoms with E-state index in [2.05, 4.69) is 19.6 Å². The Morgan fingerprint density at radius 3 is 1.24 bits per heavy atom. The van der Waals surface area contributed by atoms with Crippen LogP contribution >= 0.6 is 7.92 Å². The summed E-state index contributed by atoms with van der Waals surface area (Å²) < 4.78 is 2.42. The molecule has 0 nitrogen and oxygen atoms in total. The molecule has 0 N–H and O–H groups in total. The van der Waals surface area contributed by atoms with Gasteiger partial charge in [0, 0.05) is 0 Å². The van der Waals surface area contributed by atoms with Crippen molar-refractivity contribution >= 4 is 16.0 Å². The SMILES string of the molecule is C[Si](C)(C)[C]12[CH]3[CH]4[CH]5[CH]1[Fe]45321678[CH]2[CH]1[CH]6[C]7(CP(C1C3CC4CC(C3)CC1C4)C1C3CC4CC(C3)CC1C4)[CH]28. The van der Waals surface area contributed by atoms with Gasteiger partial charge in [0.2, 0.25) is 0 Å². The van der Waals surface area contributed by atoms with Gasteiger partial charge in [-0.15, -0.1) is 0 Å². The van der Waals surface area contributed by atoms with Crippen LogP contribution in [0.2, 0.25) is 66.4 Å². The van der Waals surface area contributed by atoms with Gasteiger partial charge in [-0.05, 0) is 0 Å². The Hall–Kier alpha value is 1.17. The second-order valence-corrected chi connectivity index (χ2v) is 54.4. The van der Waals surface area contributed by atoms with Crippen molar-refractivity contribution in [3.8, 4) is 0 Å². The van der Waals surface area contributed by atoms with Crippen molar-refractivity contribution in [1.29, 1.82) is 0 Å². The van der Waals surface area contributed by atoms with Crippen molar-refractivity contribution < 1.29 is 6.51 Å². The summed E-state index contributed by atoms with van der Waals surface area (Å²) in [4.78, 5) is 12.4. The van der Waals surface area contributed by atoms with Gasteiger partial charge < -0.3 is 0 Å². The van der Waals surface area contributed by atoms with Crippen LogP contribution in [0.1, 0.15) is 64.2 Å². The first-order chi connectivity index (χ1) is 17.6. The minimum absolute atomic E-state index is 0.326. The quantitative estimate of drug-likeness (QED) is 0.227. The van der Waals surface area contributed by atoms with E-state index in [4.69, 9.17) is 0 Å². The van der Waals surface area contributed by atoms with Gasteiger partial charge in [0.05, 0.1) is 0 Å². The Morgan fingerprint density at radius 2 is 0.946 bits per heavy atom. The van der Waals surface area contributed by atoms with Crippen LogP contribution in [-0.2, 0) is 6.51 Å². The first-order valence-corrected chi connectivity index (χ1v) is 28.9. The summed E-state index contributed by atoms with van der Waals surface area (Å²) in [6.07, 6.45) is 19.1. The first-order valence-electron chi connectivity index (χ1n) is 17.6. The summed E-state index contributed by atoms with van der Waals surface area (Å²) in [7, 11) is -0.698. The van der Waals surface area contributed by atoms with E-state index in [1.807, 2.05) is 6.16 Å². The molecule has 8 aliphatic carbocycles. The van der Waals surface area contributed by atoms with Gasteiger partial charge in [-0.1, -0.05) is 0 Å². The number of rotatable bonds is 5. The standard InChI is InChI=1S/C26H36P.C8H13Si.Fe/c1-2-4-16(3-1)15-27(25-21-7-17-5-18(9-21)10-22(25)8-17)26-23-11-19-6-20(13-23)14-24(26)12-19;1-9(2,3)8-6-4-5-7-8;/h1-4,17-26H,5-15H2;4-7H,1-3H3;. The monoisotopic (exact) mass is 572 g/mol. The van der Waals surface area contributed by atoms with Crippen LogP contribution in [0.15, 0.2) is 0 Å². The van der Waals surface area contributed by atoms with E-state index in [9.17, 15) is 0 Å². The maximum absolute atomic E-state index is 3.27. The van der Waals surface area contributed by atoms with Crippen LogP contribution in [0.5, 0.6) is 0 Å². The van der Waals surface area contributed by atoms with E-state index in [1.54, 1.807) is 103 Å². The van der Waals surface area contributed by atoms with Crippen molar-refractivity contribution in [2.24, 2.45) is 47.3 Å². The van der Waals surface area contributed by atoms with Crippen LogP contribution in [0, 0.1) is 47.3 Å². The molecule has 10 heterocycles. The molecule has 8 saturated carbocycles. The fourth-order valence-corrected chi connectivity index (χ4v) is 141. The normalized spacial score (nSPS) is 94.4. The molecule has 8 bridgehead atoms. The third-order valence-electron chi connectivity index (χ3n) is 25.8. The van der Waals surface area contributed by atoms with Crippen molar-refractivity contribution in [3.05, 3.63) is 0 Å². The van der Waals surface area contributed by atoms with Crippen LogP contribution in [0.25, 0.3) is 0 Å². The summed E-state index contributed by atoms with van der Waals surface area (Å²) in [5, 5.41) is 0. The maximum atomic E-state index is 2.94. The fourth-order valence-electron chi connectivity index (χ4n) is 29.1. The van der Waals surface area contributed by atoms with Crippen molar-refractivity contribution in [3.63, 3.8) is 0 Å². The molecule has 37 heavy (non-hydrogen) atoms. The zero-order chi connectivity index (χ0) is 23.6. The average Bonchev–Trinajstić information content (AvgIpc) is 3.76. The van der Waals surface area contributed by atoms with Gasteiger partial charge >= 0.3 is 218 Å². The van der Waals surface area contributed by atoms with Crippen LogP contribution in [0.4, 0.5) is 0 Å². The summed E-state index contributed by atoms with van der Waals surface area (Å²) in [5.41, 5.74) is 2.60. The molecule has 202 valence electrons. The Labute approximate surface area is 217 Å². The molecule has 8 atom stereocenters. The molecule has 10 aliphatic heterocycles. The van der Waals surface area contributed by atoms with Crippen LogP contribution < -0.4 is 0 Å². The van der Waals surface area contributed by atoms with Crippen LogP contribution in [0.3, 0.4) is 0 Å². The Morgan fingerprint density at radius 1 is 0.568 bits per heavy atom. The van der Waals surface area contributed by atoms with Gasteiger partial charge in [0.1, 0.15) is 0 Å². The van der Waals surface area contributed by atoms with E-state index in [0.717, 1.165) is 0 Å². The van der Waals surface area contributed by atoms with Crippen molar-refractivity contribution in [1.82, 2.24) is 0 Å². The second-order valence-electron chi connectivity index (χ2n) is 22.7. The molecule has 0 amide bonds. The van der Waals surface area contributed by atoms with Crippen molar-refractivity contribution in [2.45, 2.75) is 142 Å². The topological polar surface area (TPSA) is 0 Å². The summed E-state index contributed by atoms with van der Waals surface area (Å²) >= 11 is 0. The molecular formula is C34H49FePSi. The average molecular weight is 573 g/mol. The van der Waals surface area contributed by atoms with Gasteiger partial charge in [0.25, 0.3) is 0 Å². The second kappa shape index (κ2) is 2.78. The molecule has 0 aromatic carbocycles. The van der Waals surface area contributed by atoms with E-state index < -0.39 is 14.6 Å². The Kier molecular flexibility index (Phi) is 1.40. The molecule has 0 radical (unpaired) electrons. The Balaban J connectivity index is 0.920. The van der Waals surface area contributed by atoms with Gasteiger partial charge in [-0.2, -0.15) is 0 Å². The first kappa shape index (κ1) is 18.7. The molecule has 1 spiro atoms. The molecule has 0 aromatic heterocycles.